The number of aryl methyl sites for hydroxylation is 1. The van der Waals surface area contributed by atoms with E-state index in [1.54, 1.807) is 29.1 Å². The summed E-state index contributed by atoms with van der Waals surface area (Å²) in [5, 5.41) is 12.4. The normalized spacial score (nSPS) is 10.7. The van der Waals surface area contributed by atoms with Crippen LogP contribution >= 0.6 is 0 Å². The number of nitrogens with one attached hydrogen (secondary N) is 3. The third kappa shape index (κ3) is 5.33. The van der Waals surface area contributed by atoms with Gasteiger partial charge in [-0.1, -0.05) is 30.3 Å². The number of nitrogens with zero attached hydrogens (tertiary/aromatic N) is 5. The minimum atomic E-state index is -0.296. The first kappa shape index (κ1) is 22.7. The standard InChI is InChI=1S/C26H22N8O2/c35-24(32-23-16-27-11-12-28-23)10-9-21-17-34(22-7-2-1-3-8-22)26(31-21)33-25(36)19-6-4-5-18(13-19)20-14-29-30-15-20/h1-8,11-17H,9-10H2,(H,29,30)(H,28,32,35)(H,31,33,36). The zero-order chi connectivity index (χ0) is 24.7. The second-order valence-corrected chi connectivity index (χ2v) is 7.92. The van der Waals surface area contributed by atoms with Crippen molar-refractivity contribution in [3.05, 3.63) is 103 Å². The first-order valence-corrected chi connectivity index (χ1v) is 11.3. The summed E-state index contributed by atoms with van der Waals surface area (Å²) >= 11 is 0. The molecular formula is C26H22N8O2. The lowest BCUT2D eigenvalue weighted by Gasteiger charge is -2.09. The van der Waals surface area contributed by atoms with Crippen LogP contribution in [0.3, 0.4) is 0 Å². The summed E-state index contributed by atoms with van der Waals surface area (Å²) in [7, 11) is 0. The number of amides is 2. The van der Waals surface area contributed by atoms with Gasteiger partial charge < -0.3 is 5.32 Å². The summed E-state index contributed by atoms with van der Waals surface area (Å²) in [6, 6.07) is 16.8. The highest BCUT2D eigenvalue weighted by Gasteiger charge is 2.16. The van der Waals surface area contributed by atoms with Crippen molar-refractivity contribution in [1.29, 1.82) is 0 Å². The molecule has 36 heavy (non-hydrogen) atoms. The van der Waals surface area contributed by atoms with Gasteiger partial charge in [0.1, 0.15) is 0 Å². The van der Waals surface area contributed by atoms with E-state index in [0.717, 1.165) is 16.8 Å². The van der Waals surface area contributed by atoms with Crippen molar-refractivity contribution in [2.75, 3.05) is 10.6 Å². The van der Waals surface area contributed by atoms with Crippen molar-refractivity contribution < 1.29 is 9.59 Å². The van der Waals surface area contributed by atoms with E-state index in [0.29, 0.717) is 29.4 Å². The summed E-state index contributed by atoms with van der Waals surface area (Å²) in [6.45, 7) is 0. The van der Waals surface area contributed by atoms with Crippen LogP contribution in [0.4, 0.5) is 11.8 Å². The van der Waals surface area contributed by atoms with E-state index in [1.165, 1.54) is 18.6 Å². The molecule has 10 heteroatoms. The Morgan fingerprint density at radius 2 is 1.83 bits per heavy atom. The topological polar surface area (TPSA) is 130 Å². The molecule has 3 N–H and O–H groups in total. The van der Waals surface area contributed by atoms with E-state index in [9.17, 15) is 9.59 Å². The lowest BCUT2D eigenvalue weighted by Crippen LogP contribution is -2.15. The van der Waals surface area contributed by atoms with Crippen LogP contribution in [0.1, 0.15) is 22.5 Å². The lowest BCUT2D eigenvalue weighted by atomic mass is 10.1. The molecular weight excluding hydrogens is 456 g/mol. The number of carbonyl (C=O) groups excluding carboxylic acids is 2. The van der Waals surface area contributed by atoms with Gasteiger partial charge in [0.15, 0.2) is 5.82 Å². The number of carbonyl (C=O) groups is 2. The van der Waals surface area contributed by atoms with E-state index < -0.39 is 0 Å². The molecule has 0 fully saturated rings. The van der Waals surface area contributed by atoms with Gasteiger partial charge in [-0.15, -0.1) is 0 Å². The molecule has 0 unspecified atom stereocenters. The average Bonchev–Trinajstić information content (AvgIpc) is 3.59. The van der Waals surface area contributed by atoms with Gasteiger partial charge in [-0.2, -0.15) is 5.10 Å². The number of hydrogen-bond acceptors (Lipinski definition) is 6. The highest BCUT2D eigenvalue weighted by atomic mass is 16.2. The Kier molecular flexibility index (Phi) is 6.57. The van der Waals surface area contributed by atoms with Crippen molar-refractivity contribution in [2.45, 2.75) is 12.8 Å². The van der Waals surface area contributed by atoms with Gasteiger partial charge in [-0.25, -0.2) is 9.97 Å². The molecule has 0 spiro atoms. The zero-order valence-electron chi connectivity index (χ0n) is 19.1. The first-order chi connectivity index (χ1) is 17.7. The minimum Gasteiger partial charge on any atom is -0.309 e. The van der Waals surface area contributed by atoms with E-state index in [-0.39, 0.29) is 18.2 Å². The summed E-state index contributed by atoms with van der Waals surface area (Å²) < 4.78 is 1.80. The molecule has 0 aliphatic heterocycles. The minimum absolute atomic E-state index is 0.197. The third-order valence-corrected chi connectivity index (χ3v) is 5.41. The summed E-state index contributed by atoms with van der Waals surface area (Å²) in [5.41, 5.74) is 3.75. The fourth-order valence-corrected chi connectivity index (χ4v) is 3.66. The maximum absolute atomic E-state index is 13.1. The second kappa shape index (κ2) is 10.4. The van der Waals surface area contributed by atoms with Crippen molar-refractivity contribution in [3.8, 4) is 16.8 Å². The quantitative estimate of drug-likeness (QED) is 0.310. The van der Waals surface area contributed by atoms with Crippen LogP contribution in [-0.4, -0.2) is 41.5 Å². The number of benzene rings is 2. The molecule has 0 radical (unpaired) electrons. The van der Waals surface area contributed by atoms with E-state index in [2.05, 4.69) is 35.8 Å². The van der Waals surface area contributed by atoms with Gasteiger partial charge in [-0.3, -0.25) is 29.6 Å². The Balaban J connectivity index is 1.34. The third-order valence-electron chi connectivity index (χ3n) is 5.41. The monoisotopic (exact) mass is 478 g/mol. The van der Waals surface area contributed by atoms with E-state index >= 15 is 0 Å². The van der Waals surface area contributed by atoms with E-state index in [1.807, 2.05) is 48.7 Å². The van der Waals surface area contributed by atoms with Crippen LogP contribution in [0.5, 0.6) is 0 Å². The number of aromatic nitrogens is 6. The molecule has 0 aliphatic carbocycles. The zero-order valence-corrected chi connectivity index (χ0v) is 19.1. The highest BCUT2D eigenvalue weighted by molar-refractivity contribution is 6.04. The Hall–Kier alpha value is -5.12. The Morgan fingerprint density at radius 1 is 0.944 bits per heavy atom. The number of para-hydroxylation sites is 1. The van der Waals surface area contributed by atoms with Crippen molar-refractivity contribution in [3.63, 3.8) is 0 Å². The molecule has 178 valence electrons. The molecule has 5 aromatic rings. The van der Waals surface area contributed by atoms with Crippen LogP contribution in [0.25, 0.3) is 16.8 Å². The molecule has 5 rings (SSSR count). The van der Waals surface area contributed by atoms with Crippen LogP contribution < -0.4 is 10.6 Å². The summed E-state index contributed by atoms with van der Waals surface area (Å²) in [4.78, 5) is 38.1. The average molecular weight is 479 g/mol. The van der Waals surface area contributed by atoms with Gasteiger partial charge in [0, 0.05) is 54.4 Å². The lowest BCUT2D eigenvalue weighted by molar-refractivity contribution is -0.116. The van der Waals surface area contributed by atoms with Gasteiger partial charge in [0.2, 0.25) is 11.9 Å². The number of anilines is 2. The molecule has 3 heterocycles. The molecule has 0 aliphatic rings. The first-order valence-electron chi connectivity index (χ1n) is 11.3. The molecule has 2 amide bonds. The summed E-state index contributed by atoms with van der Waals surface area (Å²) in [5.74, 6) is 0.258. The van der Waals surface area contributed by atoms with Gasteiger partial charge >= 0.3 is 0 Å². The molecule has 0 saturated carbocycles. The van der Waals surface area contributed by atoms with Crippen molar-refractivity contribution in [1.82, 2.24) is 29.7 Å². The Morgan fingerprint density at radius 3 is 2.61 bits per heavy atom. The van der Waals surface area contributed by atoms with Gasteiger partial charge in [-0.05, 0) is 29.8 Å². The number of imidazole rings is 1. The maximum Gasteiger partial charge on any atom is 0.258 e. The van der Waals surface area contributed by atoms with Crippen LogP contribution in [-0.2, 0) is 11.2 Å². The maximum atomic E-state index is 13.1. The number of hydrogen-bond donors (Lipinski definition) is 3. The molecule has 2 aromatic carbocycles. The molecule has 0 atom stereocenters. The molecule has 10 nitrogen and oxygen atoms in total. The highest BCUT2D eigenvalue weighted by Crippen LogP contribution is 2.21. The van der Waals surface area contributed by atoms with Gasteiger partial charge in [0.25, 0.3) is 5.91 Å². The largest absolute Gasteiger partial charge is 0.309 e. The summed E-state index contributed by atoms with van der Waals surface area (Å²) in [6.07, 6.45) is 10.4. The smallest absolute Gasteiger partial charge is 0.258 e. The fourth-order valence-electron chi connectivity index (χ4n) is 3.66. The van der Waals surface area contributed by atoms with Crippen LogP contribution in [0.15, 0.2) is 91.8 Å². The van der Waals surface area contributed by atoms with Crippen molar-refractivity contribution in [2.24, 2.45) is 0 Å². The van der Waals surface area contributed by atoms with E-state index in [4.69, 9.17) is 0 Å². The van der Waals surface area contributed by atoms with Crippen LogP contribution in [0.2, 0.25) is 0 Å². The Bertz CT molecular complexity index is 1460. The number of aromatic amines is 1. The predicted molar refractivity (Wildman–Crippen MR) is 135 cm³/mol. The number of rotatable bonds is 8. The second-order valence-electron chi connectivity index (χ2n) is 7.92. The predicted octanol–water partition coefficient (Wildman–Crippen LogP) is 3.88. The van der Waals surface area contributed by atoms with Crippen LogP contribution in [0, 0.1) is 0 Å². The van der Waals surface area contributed by atoms with Crippen molar-refractivity contribution >= 4 is 23.6 Å². The van der Waals surface area contributed by atoms with Gasteiger partial charge in [0.05, 0.1) is 18.1 Å². The molecule has 3 aromatic heterocycles. The molecule has 0 saturated heterocycles. The molecule has 0 bridgehead atoms. The Labute approximate surface area is 206 Å². The SMILES string of the molecule is O=C(CCc1cn(-c2ccccc2)c(NC(=O)c2cccc(-c3cn[nH]c3)c2)n1)Nc1cnccn1. The number of H-pyrrole nitrogens is 1. The fraction of sp³-hybridized carbons (Fsp3) is 0.0769.